The van der Waals surface area contributed by atoms with E-state index in [4.69, 9.17) is 9.26 Å². The molecule has 1 aromatic heterocycles. The maximum Gasteiger partial charge on any atom is 0.234 e. The molecule has 0 aliphatic carbocycles. The second-order valence-electron chi connectivity index (χ2n) is 5.54. The fourth-order valence-corrected chi connectivity index (χ4v) is 2.95. The van der Waals surface area contributed by atoms with E-state index in [2.05, 4.69) is 22.4 Å². The van der Waals surface area contributed by atoms with Gasteiger partial charge in [-0.1, -0.05) is 42.4 Å². The van der Waals surface area contributed by atoms with Gasteiger partial charge in [0.1, 0.15) is 6.10 Å². The lowest BCUT2D eigenvalue weighted by Crippen LogP contribution is -2.28. The van der Waals surface area contributed by atoms with Gasteiger partial charge in [0.2, 0.25) is 11.7 Å². The average Bonchev–Trinajstić information content (AvgIpc) is 3.19. The molecule has 0 radical (unpaired) electrons. The van der Waals surface area contributed by atoms with Gasteiger partial charge in [-0.15, -0.1) is 0 Å². The summed E-state index contributed by atoms with van der Waals surface area (Å²) in [6, 6.07) is 9.97. The molecule has 1 saturated heterocycles. The van der Waals surface area contributed by atoms with Gasteiger partial charge >= 0.3 is 0 Å². The zero-order valence-electron chi connectivity index (χ0n) is 12.5. The van der Waals surface area contributed by atoms with Crippen molar-refractivity contribution >= 4 is 0 Å². The molecule has 1 fully saturated rings. The van der Waals surface area contributed by atoms with Crippen molar-refractivity contribution in [3.8, 4) is 0 Å². The van der Waals surface area contributed by atoms with Crippen molar-refractivity contribution in [2.75, 3.05) is 20.2 Å². The van der Waals surface area contributed by atoms with Crippen LogP contribution in [-0.2, 0) is 10.2 Å². The maximum absolute atomic E-state index is 5.57. The number of aromatic nitrogens is 2. The summed E-state index contributed by atoms with van der Waals surface area (Å²) in [5.74, 6) is 1.32. The number of methoxy groups -OCH3 is 1. The zero-order valence-corrected chi connectivity index (χ0v) is 12.5. The summed E-state index contributed by atoms with van der Waals surface area (Å²) in [6.07, 6.45) is 1.74. The highest BCUT2D eigenvalue weighted by Crippen LogP contribution is 2.34. The molecule has 0 spiro atoms. The molecular formula is C16H21N3O2. The van der Waals surface area contributed by atoms with E-state index in [0.29, 0.717) is 5.82 Å². The minimum atomic E-state index is -0.285. The topological polar surface area (TPSA) is 60.2 Å². The number of nitrogens with zero attached hydrogens (tertiary/aromatic N) is 2. The predicted octanol–water partition coefficient (Wildman–Crippen LogP) is 2.45. The van der Waals surface area contributed by atoms with Crippen LogP contribution in [0.2, 0.25) is 0 Å². The molecule has 0 amide bonds. The van der Waals surface area contributed by atoms with Gasteiger partial charge in [-0.25, -0.2) is 0 Å². The van der Waals surface area contributed by atoms with Crippen molar-refractivity contribution in [1.29, 1.82) is 0 Å². The second-order valence-corrected chi connectivity index (χ2v) is 5.54. The van der Waals surface area contributed by atoms with Gasteiger partial charge in [-0.3, -0.25) is 0 Å². The lowest BCUT2D eigenvalue weighted by Gasteiger charge is -2.21. The van der Waals surface area contributed by atoms with Crippen LogP contribution in [0.25, 0.3) is 0 Å². The average molecular weight is 287 g/mol. The molecule has 2 unspecified atom stereocenters. The summed E-state index contributed by atoms with van der Waals surface area (Å²) in [4.78, 5) is 4.64. The van der Waals surface area contributed by atoms with Crippen molar-refractivity contribution in [2.24, 2.45) is 0 Å². The standard InChI is InChI=1S/C16H21N3O2/c1-3-16(9-10-17-11-16)15-18-14(19-21-15)13(20-2)12-7-5-4-6-8-12/h4-8,13,17H,3,9-11H2,1-2H3. The molecule has 0 saturated carbocycles. The first kappa shape index (κ1) is 14.2. The molecule has 0 bridgehead atoms. The van der Waals surface area contributed by atoms with Crippen LogP contribution in [0.3, 0.4) is 0 Å². The number of hydrogen-bond donors (Lipinski definition) is 1. The Morgan fingerprint density at radius 3 is 2.81 bits per heavy atom. The number of nitrogens with one attached hydrogen (secondary N) is 1. The summed E-state index contributed by atoms with van der Waals surface area (Å²) in [5, 5.41) is 7.55. The molecule has 1 aromatic carbocycles. The van der Waals surface area contributed by atoms with Crippen LogP contribution in [0.4, 0.5) is 0 Å². The Balaban J connectivity index is 1.90. The van der Waals surface area contributed by atoms with E-state index in [0.717, 1.165) is 37.4 Å². The first-order valence-electron chi connectivity index (χ1n) is 7.41. The van der Waals surface area contributed by atoms with Crippen LogP contribution >= 0.6 is 0 Å². The quantitative estimate of drug-likeness (QED) is 0.915. The van der Waals surface area contributed by atoms with Crippen LogP contribution in [0, 0.1) is 0 Å². The third-order valence-electron chi connectivity index (χ3n) is 4.39. The van der Waals surface area contributed by atoms with Crippen LogP contribution in [0.1, 0.15) is 43.1 Å². The fraction of sp³-hybridized carbons (Fsp3) is 0.500. The van der Waals surface area contributed by atoms with Gasteiger partial charge in [0, 0.05) is 13.7 Å². The smallest absolute Gasteiger partial charge is 0.234 e. The van der Waals surface area contributed by atoms with Crippen LogP contribution < -0.4 is 5.32 Å². The molecule has 2 heterocycles. The Morgan fingerprint density at radius 1 is 1.38 bits per heavy atom. The van der Waals surface area contributed by atoms with Gasteiger partial charge in [0.25, 0.3) is 0 Å². The Labute approximate surface area is 124 Å². The fourth-order valence-electron chi connectivity index (χ4n) is 2.95. The lowest BCUT2D eigenvalue weighted by atomic mass is 9.84. The molecule has 3 rings (SSSR count). The van der Waals surface area contributed by atoms with Crippen molar-refractivity contribution in [2.45, 2.75) is 31.3 Å². The minimum absolute atomic E-state index is 0.0276. The Morgan fingerprint density at radius 2 is 2.19 bits per heavy atom. The molecule has 2 aromatic rings. The summed E-state index contributed by atoms with van der Waals surface area (Å²) in [7, 11) is 1.67. The lowest BCUT2D eigenvalue weighted by molar-refractivity contribution is 0.126. The Kier molecular flexibility index (Phi) is 4.03. The van der Waals surface area contributed by atoms with Crippen molar-refractivity contribution in [3.63, 3.8) is 0 Å². The number of hydrogen-bond acceptors (Lipinski definition) is 5. The summed E-state index contributed by atoms with van der Waals surface area (Å²) in [6.45, 7) is 4.06. The van der Waals surface area contributed by atoms with E-state index in [-0.39, 0.29) is 11.5 Å². The third-order valence-corrected chi connectivity index (χ3v) is 4.39. The minimum Gasteiger partial charge on any atom is -0.369 e. The molecule has 1 aliphatic heterocycles. The zero-order chi connectivity index (χ0) is 14.7. The highest BCUT2D eigenvalue weighted by molar-refractivity contribution is 5.23. The van der Waals surface area contributed by atoms with E-state index in [1.54, 1.807) is 7.11 Å². The normalized spacial score (nSPS) is 23.3. The van der Waals surface area contributed by atoms with Crippen LogP contribution in [-0.4, -0.2) is 30.3 Å². The Bertz CT molecular complexity index is 576. The number of ether oxygens (including phenoxy) is 1. The van der Waals surface area contributed by atoms with E-state index in [1.165, 1.54) is 0 Å². The molecule has 1 N–H and O–H groups in total. The highest BCUT2D eigenvalue weighted by Gasteiger charge is 2.39. The van der Waals surface area contributed by atoms with Gasteiger partial charge in [-0.05, 0) is 24.9 Å². The first-order chi connectivity index (χ1) is 10.3. The van der Waals surface area contributed by atoms with Gasteiger partial charge in [0.15, 0.2) is 0 Å². The number of rotatable bonds is 5. The summed E-state index contributed by atoms with van der Waals surface area (Å²) < 4.78 is 11.1. The van der Waals surface area contributed by atoms with E-state index in [9.17, 15) is 0 Å². The molecule has 21 heavy (non-hydrogen) atoms. The molecule has 5 heteroatoms. The van der Waals surface area contributed by atoms with Crippen molar-refractivity contribution < 1.29 is 9.26 Å². The van der Waals surface area contributed by atoms with E-state index < -0.39 is 0 Å². The molecule has 1 aliphatic rings. The first-order valence-corrected chi connectivity index (χ1v) is 7.41. The van der Waals surface area contributed by atoms with Crippen molar-refractivity contribution in [3.05, 3.63) is 47.6 Å². The molecule has 112 valence electrons. The maximum atomic E-state index is 5.57. The summed E-state index contributed by atoms with van der Waals surface area (Å²) in [5.41, 5.74) is 1.00. The van der Waals surface area contributed by atoms with E-state index >= 15 is 0 Å². The third kappa shape index (κ3) is 2.59. The SMILES string of the molecule is CCC1(c2nc(C(OC)c3ccccc3)no2)CCNC1. The van der Waals surface area contributed by atoms with Crippen molar-refractivity contribution in [1.82, 2.24) is 15.5 Å². The molecule has 2 atom stereocenters. The van der Waals surface area contributed by atoms with Crippen LogP contribution in [0.15, 0.2) is 34.9 Å². The predicted molar refractivity (Wildman–Crippen MR) is 79.0 cm³/mol. The monoisotopic (exact) mass is 287 g/mol. The summed E-state index contributed by atoms with van der Waals surface area (Å²) >= 11 is 0. The van der Waals surface area contributed by atoms with Gasteiger partial charge in [-0.2, -0.15) is 4.98 Å². The highest BCUT2D eigenvalue weighted by atomic mass is 16.5. The van der Waals surface area contributed by atoms with E-state index in [1.807, 2.05) is 30.3 Å². The largest absolute Gasteiger partial charge is 0.369 e. The van der Waals surface area contributed by atoms with Crippen LogP contribution in [0.5, 0.6) is 0 Å². The van der Waals surface area contributed by atoms with Gasteiger partial charge in [0.05, 0.1) is 5.41 Å². The van der Waals surface area contributed by atoms with Gasteiger partial charge < -0.3 is 14.6 Å². The second kappa shape index (κ2) is 5.95. The Hall–Kier alpha value is -1.72. The molecular weight excluding hydrogens is 266 g/mol. The number of benzene rings is 1. The molecule has 5 nitrogen and oxygen atoms in total.